The van der Waals surface area contributed by atoms with Gasteiger partial charge in [0.05, 0.1) is 5.76 Å². The lowest BCUT2D eigenvalue weighted by atomic mass is 10.2. The number of ether oxygens (including phenoxy) is 1. The fraction of sp³-hybridized carbons (Fsp3) is 0.231. The Morgan fingerprint density at radius 3 is 2.56 bits per heavy atom. The second-order valence-electron chi connectivity index (χ2n) is 3.44. The zero-order valence-electron chi connectivity index (χ0n) is 9.28. The molecular formula is C13H17NO2. The summed E-state index contributed by atoms with van der Waals surface area (Å²) in [6.45, 7) is 8.18. The van der Waals surface area contributed by atoms with E-state index in [1.54, 1.807) is 0 Å². The van der Waals surface area contributed by atoms with Crippen molar-refractivity contribution in [2.24, 2.45) is 0 Å². The summed E-state index contributed by atoms with van der Waals surface area (Å²) in [6, 6.07) is 9.87. The maximum Gasteiger partial charge on any atom is 0.179 e. The zero-order chi connectivity index (χ0) is 11.8. The Hall–Kier alpha value is -1.90. The van der Waals surface area contributed by atoms with E-state index in [0.29, 0.717) is 25.5 Å². The van der Waals surface area contributed by atoms with Crippen molar-refractivity contribution in [3.05, 3.63) is 60.7 Å². The molecule has 2 N–H and O–H groups in total. The van der Waals surface area contributed by atoms with E-state index in [9.17, 15) is 0 Å². The summed E-state index contributed by atoms with van der Waals surface area (Å²) in [5, 5.41) is 11.8. The minimum Gasteiger partial charge on any atom is -0.513 e. The summed E-state index contributed by atoms with van der Waals surface area (Å²) in [7, 11) is 0. The van der Waals surface area contributed by atoms with Crippen LogP contribution in [0.2, 0.25) is 0 Å². The molecule has 1 rings (SSSR count). The smallest absolute Gasteiger partial charge is 0.179 e. The highest BCUT2D eigenvalue weighted by molar-refractivity contribution is 5.13. The Morgan fingerprint density at radius 1 is 1.25 bits per heavy atom. The van der Waals surface area contributed by atoms with Crippen LogP contribution >= 0.6 is 0 Å². The van der Waals surface area contributed by atoms with Crippen LogP contribution in [-0.2, 0) is 11.3 Å². The van der Waals surface area contributed by atoms with Gasteiger partial charge >= 0.3 is 0 Å². The topological polar surface area (TPSA) is 41.5 Å². The average Bonchev–Trinajstić information content (AvgIpc) is 2.27. The Labute approximate surface area is 96.1 Å². The van der Waals surface area contributed by atoms with Gasteiger partial charge in [0.25, 0.3) is 0 Å². The molecule has 0 aliphatic rings. The van der Waals surface area contributed by atoms with Crippen LogP contribution in [0.15, 0.2) is 55.1 Å². The van der Waals surface area contributed by atoms with Crippen molar-refractivity contribution in [2.75, 3.05) is 6.54 Å². The molecule has 0 fully saturated rings. The molecule has 0 radical (unpaired) electrons. The average molecular weight is 219 g/mol. The number of hydrogen-bond acceptors (Lipinski definition) is 3. The number of hydrogen-bond donors (Lipinski definition) is 2. The van der Waals surface area contributed by atoms with Crippen LogP contribution in [0.4, 0.5) is 0 Å². The highest BCUT2D eigenvalue weighted by Crippen LogP contribution is 2.03. The molecule has 0 unspecified atom stereocenters. The molecule has 0 bridgehead atoms. The fourth-order valence-corrected chi connectivity index (χ4v) is 1.14. The van der Waals surface area contributed by atoms with Gasteiger partial charge in [-0.3, -0.25) is 0 Å². The number of aliphatic hydroxyl groups is 1. The third-order valence-electron chi connectivity index (χ3n) is 1.99. The summed E-state index contributed by atoms with van der Waals surface area (Å²) < 4.78 is 5.39. The lowest BCUT2D eigenvalue weighted by Crippen LogP contribution is -2.16. The lowest BCUT2D eigenvalue weighted by molar-refractivity contribution is 0.179. The minimum absolute atomic E-state index is 0.156. The second-order valence-corrected chi connectivity index (χ2v) is 3.44. The second kappa shape index (κ2) is 6.56. The van der Waals surface area contributed by atoms with Crippen LogP contribution in [0.3, 0.4) is 0 Å². The minimum atomic E-state index is 0.156. The first-order valence-corrected chi connectivity index (χ1v) is 5.14. The molecule has 0 saturated heterocycles. The predicted molar refractivity (Wildman–Crippen MR) is 64.8 cm³/mol. The van der Waals surface area contributed by atoms with Crippen LogP contribution in [0.25, 0.3) is 0 Å². The quantitative estimate of drug-likeness (QED) is 0.693. The van der Waals surface area contributed by atoms with E-state index in [1.165, 1.54) is 0 Å². The Balaban J connectivity index is 2.18. The normalized spacial score (nSPS) is 9.50. The van der Waals surface area contributed by atoms with Gasteiger partial charge in [0.1, 0.15) is 6.61 Å². The third-order valence-corrected chi connectivity index (χ3v) is 1.99. The zero-order valence-corrected chi connectivity index (χ0v) is 9.28. The molecule has 1 aromatic carbocycles. The van der Waals surface area contributed by atoms with E-state index in [4.69, 9.17) is 9.84 Å². The molecule has 3 heteroatoms. The van der Waals surface area contributed by atoms with Gasteiger partial charge in [0.2, 0.25) is 0 Å². The van der Waals surface area contributed by atoms with Crippen molar-refractivity contribution in [1.29, 1.82) is 0 Å². The molecule has 0 saturated carbocycles. The summed E-state index contributed by atoms with van der Waals surface area (Å²) in [4.78, 5) is 0. The molecule has 0 aliphatic heterocycles. The summed E-state index contributed by atoms with van der Waals surface area (Å²) in [6.07, 6.45) is 0.494. The van der Waals surface area contributed by atoms with Gasteiger partial charge in [-0.2, -0.15) is 0 Å². The van der Waals surface area contributed by atoms with E-state index in [1.807, 2.05) is 30.3 Å². The standard InChI is InChI=1S/C13H17NO2/c1-11(15)8-9-14-12(2)16-10-13-6-4-3-5-7-13/h3-7,14-15H,1-2,8-10H2. The van der Waals surface area contributed by atoms with E-state index in [0.717, 1.165) is 5.56 Å². The van der Waals surface area contributed by atoms with Crippen LogP contribution in [0.5, 0.6) is 0 Å². The van der Waals surface area contributed by atoms with Gasteiger partial charge in [-0.05, 0) is 12.1 Å². The van der Waals surface area contributed by atoms with Crippen molar-refractivity contribution < 1.29 is 9.84 Å². The van der Waals surface area contributed by atoms with Crippen LogP contribution in [-0.4, -0.2) is 11.7 Å². The van der Waals surface area contributed by atoms with Gasteiger partial charge in [-0.25, -0.2) is 0 Å². The van der Waals surface area contributed by atoms with E-state index < -0.39 is 0 Å². The number of rotatable bonds is 7. The van der Waals surface area contributed by atoms with Gasteiger partial charge in [0.15, 0.2) is 5.88 Å². The first-order valence-electron chi connectivity index (χ1n) is 5.14. The highest BCUT2D eigenvalue weighted by Gasteiger charge is 1.96. The van der Waals surface area contributed by atoms with Crippen molar-refractivity contribution in [2.45, 2.75) is 13.0 Å². The molecule has 0 amide bonds. The fourth-order valence-electron chi connectivity index (χ4n) is 1.14. The van der Waals surface area contributed by atoms with Crippen molar-refractivity contribution >= 4 is 0 Å². The Bertz CT molecular complexity index is 346. The number of aliphatic hydroxyl groups excluding tert-OH is 1. The first-order chi connectivity index (χ1) is 7.68. The van der Waals surface area contributed by atoms with Crippen molar-refractivity contribution in [1.82, 2.24) is 5.32 Å². The van der Waals surface area contributed by atoms with Crippen LogP contribution in [0, 0.1) is 0 Å². The lowest BCUT2D eigenvalue weighted by Gasteiger charge is -2.11. The molecule has 1 aromatic rings. The molecule has 0 spiro atoms. The van der Waals surface area contributed by atoms with Crippen LogP contribution < -0.4 is 5.32 Å². The van der Waals surface area contributed by atoms with Crippen molar-refractivity contribution in [3.63, 3.8) is 0 Å². The van der Waals surface area contributed by atoms with Crippen molar-refractivity contribution in [3.8, 4) is 0 Å². The summed E-state index contributed by atoms with van der Waals surface area (Å²) in [5.41, 5.74) is 1.09. The van der Waals surface area contributed by atoms with E-state index in [2.05, 4.69) is 18.5 Å². The highest BCUT2D eigenvalue weighted by atomic mass is 16.5. The summed E-state index contributed by atoms with van der Waals surface area (Å²) >= 11 is 0. The molecule has 16 heavy (non-hydrogen) atoms. The molecule has 86 valence electrons. The largest absolute Gasteiger partial charge is 0.513 e. The van der Waals surface area contributed by atoms with E-state index >= 15 is 0 Å². The van der Waals surface area contributed by atoms with E-state index in [-0.39, 0.29) is 5.76 Å². The Morgan fingerprint density at radius 2 is 1.94 bits per heavy atom. The molecule has 3 nitrogen and oxygen atoms in total. The van der Waals surface area contributed by atoms with Gasteiger partial charge in [-0.15, -0.1) is 0 Å². The molecular weight excluding hydrogens is 202 g/mol. The molecule has 0 aromatic heterocycles. The Kier molecular flexibility index (Phi) is 4.99. The molecule has 0 aliphatic carbocycles. The number of nitrogens with one attached hydrogen (secondary N) is 1. The SMILES string of the molecule is C=C(O)CCNC(=C)OCc1ccccc1. The third kappa shape index (κ3) is 5.10. The molecule has 0 heterocycles. The van der Waals surface area contributed by atoms with Gasteiger partial charge in [-0.1, -0.05) is 36.9 Å². The predicted octanol–water partition coefficient (Wildman–Crippen LogP) is 2.73. The molecule has 0 atom stereocenters. The maximum absolute atomic E-state index is 8.87. The monoisotopic (exact) mass is 219 g/mol. The first kappa shape index (κ1) is 12.2. The summed E-state index contributed by atoms with van der Waals surface area (Å²) in [5.74, 6) is 0.661. The van der Waals surface area contributed by atoms with Gasteiger partial charge < -0.3 is 15.2 Å². The maximum atomic E-state index is 8.87. The van der Waals surface area contributed by atoms with Gasteiger partial charge in [0, 0.05) is 13.0 Å². The number of benzene rings is 1. The van der Waals surface area contributed by atoms with Crippen LogP contribution in [0.1, 0.15) is 12.0 Å².